The Hall–Kier alpha value is -1.49. The minimum Gasteiger partial charge on any atom is -0.429 e. The molecule has 0 saturated carbocycles. The van der Waals surface area contributed by atoms with Gasteiger partial charge in [-0.15, -0.1) is 0 Å². The van der Waals surface area contributed by atoms with Crippen molar-refractivity contribution in [3.05, 3.63) is 47.5 Å². The van der Waals surface area contributed by atoms with Crippen LogP contribution < -0.4 is 0 Å². The van der Waals surface area contributed by atoms with Crippen LogP contribution in [-0.2, 0) is 11.4 Å². The van der Waals surface area contributed by atoms with E-state index < -0.39 is 0 Å². The van der Waals surface area contributed by atoms with E-state index in [-0.39, 0.29) is 6.73 Å². The van der Waals surface area contributed by atoms with Crippen LogP contribution in [0.15, 0.2) is 42.5 Å². The van der Waals surface area contributed by atoms with Gasteiger partial charge in [0, 0.05) is 15.8 Å². The number of fused-ring (bicyclic) bond motifs is 3. The first-order valence-electron chi connectivity index (χ1n) is 5.55. The second-order valence-electron chi connectivity index (χ2n) is 4.01. The van der Waals surface area contributed by atoms with Crippen molar-refractivity contribution in [2.24, 2.45) is 0 Å². The van der Waals surface area contributed by atoms with Crippen molar-refractivity contribution in [3.63, 3.8) is 0 Å². The Morgan fingerprint density at radius 3 is 2.72 bits per heavy atom. The summed E-state index contributed by atoms with van der Waals surface area (Å²) in [5, 5.41) is 11.6. The van der Waals surface area contributed by atoms with E-state index in [1.54, 1.807) is 0 Å². The van der Waals surface area contributed by atoms with Crippen molar-refractivity contribution in [3.8, 4) is 0 Å². The lowest BCUT2D eigenvalue weighted by Gasteiger charge is -2.06. The third-order valence-corrected chi connectivity index (χ3v) is 3.25. The Labute approximate surface area is 110 Å². The summed E-state index contributed by atoms with van der Waals surface area (Å²) in [6.45, 7) is 0.266. The molecule has 3 aromatic rings. The smallest absolute Gasteiger partial charge is 0.429 e. The molecule has 3 rings (SSSR count). The zero-order valence-electron chi connectivity index (χ0n) is 9.51. The standard InChI is InChI=1S/C13H10BClNO2/c15-9-5-6-13-11(7-9)10-3-1-2-4-12(10)16(13)8-18-14-17/h1-7,17H,8H2. The summed E-state index contributed by atoms with van der Waals surface area (Å²) < 4.78 is 6.98. The number of rotatable bonds is 3. The van der Waals surface area contributed by atoms with Gasteiger partial charge >= 0.3 is 7.69 Å². The summed E-state index contributed by atoms with van der Waals surface area (Å²) in [6.07, 6.45) is 0. The zero-order valence-corrected chi connectivity index (χ0v) is 10.3. The molecule has 0 spiro atoms. The van der Waals surface area contributed by atoms with E-state index in [0.717, 1.165) is 21.8 Å². The van der Waals surface area contributed by atoms with Gasteiger partial charge in [-0.25, -0.2) is 0 Å². The number of nitrogens with zero attached hydrogens (tertiary/aromatic N) is 1. The molecule has 0 aliphatic rings. The molecular formula is C13H10BClNO2. The molecule has 1 heterocycles. The first-order chi connectivity index (χ1) is 8.81. The van der Waals surface area contributed by atoms with E-state index in [4.69, 9.17) is 21.3 Å². The molecular weight excluding hydrogens is 248 g/mol. The zero-order chi connectivity index (χ0) is 12.5. The van der Waals surface area contributed by atoms with Crippen LogP contribution >= 0.6 is 11.6 Å². The molecule has 0 aliphatic heterocycles. The average molecular weight is 258 g/mol. The van der Waals surface area contributed by atoms with Crippen molar-refractivity contribution in [2.75, 3.05) is 0 Å². The Morgan fingerprint density at radius 2 is 1.89 bits per heavy atom. The Kier molecular flexibility index (Phi) is 3.00. The second-order valence-corrected chi connectivity index (χ2v) is 4.44. The van der Waals surface area contributed by atoms with Crippen LogP contribution in [0.5, 0.6) is 0 Å². The molecule has 0 saturated heterocycles. The summed E-state index contributed by atoms with van der Waals surface area (Å²) in [5.41, 5.74) is 2.08. The lowest BCUT2D eigenvalue weighted by atomic mass is 10.2. The first kappa shape index (κ1) is 11.6. The van der Waals surface area contributed by atoms with Crippen LogP contribution in [-0.4, -0.2) is 17.3 Å². The van der Waals surface area contributed by atoms with Gasteiger partial charge in [-0.3, -0.25) is 0 Å². The number of para-hydroxylation sites is 1. The molecule has 1 aromatic heterocycles. The van der Waals surface area contributed by atoms with Gasteiger partial charge in [-0.05, 0) is 24.3 Å². The fraction of sp³-hybridized carbons (Fsp3) is 0.0769. The van der Waals surface area contributed by atoms with Crippen molar-refractivity contribution in [1.82, 2.24) is 4.57 Å². The van der Waals surface area contributed by atoms with Crippen molar-refractivity contribution in [2.45, 2.75) is 6.73 Å². The molecule has 5 heteroatoms. The second kappa shape index (κ2) is 4.65. The van der Waals surface area contributed by atoms with Crippen molar-refractivity contribution < 1.29 is 9.68 Å². The highest BCUT2D eigenvalue weighted by molar-refractivity contribution is 6.31. The van der Waals surface area contributed by atoms with Gasteiger partial charge in [0.05, 0.1) is 11.0 Å². The van der Waals surface area contributed by atoms with Gasteiger partial charge in [0.15, 0.2) is 0 Å². The van der Waals surface area contributed by atoms with E-state index in [2.05, 4.69) is 0 Å². The number of benzene rings is 2. The largest absolute Gasteiger partial charge is 0.486 e. The lowest BCUT2D eigenvalue weighted by molar-refractivity contribution is 0.222. The van der Waals surface area contributed by atoms with E-state index in [1.807, 2.05) is 47.0 Å². The third kappa shape index (κ3) is 1.79. The summed E-state index contributed by atoms with van der Waals surface area (Å²) >= 11 is 6.05. The maximum absolute atomic E-state index is 8.67. The lowest BCUT2D eigenvalue weighted by Crippen LogP contribution is -2.04. The van der Waals surface area contributed by atoms with E-state index in [1.165, 1.54) is 0 Å². The quantitative estimate of drug-likeness (QED) is 0.733. The number of hydrogen-bond acceptors (Lipinski definition) is 2. The molecule has 18 heavy (non-hydrogen) atoms. The molecule has 3 nitrogen and oxygen atoms in total. The molecule has 0 fully saturated rings. The van der Waals surface area contributed by atoms with Gasteiger partial charge in [0.1, 0.15) is 6.73 Å². The molecule has 1 radical (unpaired) electrons. The highest BCUT2D eigenvalue weighted by Crippen LogP contribution is 2.30. The highest BCUT2D eigenvalue weighted by atomic mass is 35.5. The molecule has 89 valence electrons. The van der Waals surface area contributed by atoms with Crippen LogP contribution in [0, 0.1) is 0 Å². The van der Waals surface area contributed by atoms with Gasteiger partial charge in [0.25, 0.3) is 0 Å². The van der Waals surface area contributed by atoms with Crippen molar-refractivity contribution >= 4 is 41.1 Å². The summed E-state index contributed by atoms with van der Waals surface area (Å²) in [6, 6.07) is 13.8. The van der Waals surface area contributed by atoms with Crippen LogP contribution in [0.4, 0.5) is 0 Å². The Balaban J connectivity index is 2.34. The summed E-state index contributed by atoms with van der Waals surface area (Å²) in [5.74, 6) is 0. The summed E-state index contributed by atoms with van der Waals surface area (Å²) in [4.78, 5) is 0. The molecule has 2 aromatic carbocycles. The fourth-order valence-corrected chi connectivity index (χ4v) is 2.44. The minimum atomic E-state index is 0.266. The Bertz CT molecular complexity index is 711. The topological polar surface area (TPSA) is 34.4 Å². The van der Waals surface area contributed by atoms with Gasteiger partial charge in [-0.1, -0.05) is 29.8 Å². The average Bonchev–Trinajstić information content (AvgIpc) is 2.70. The maximum atomic E-state index is 8.67. The minimum absolute atomic E-state index is 0.266. The van der Waals surface area contributed by atoms with E-state index >= 15 is 0 Å². The maximum Gasteiger partial charge on any atom is 0.486 e. The van der Waals surface area contributed by atoms with Crippen LogP contribution in [0.3, 0.4) is 0 Å². The predicted molar refractivity (Wildman–Crippen MR) is 73.5 cm³/mol. The third-order valence-electron chi connectivity index (χ3n) is 3.01. The van der Waals surface area contributed by atoms with Gasteiger partial charge < -0.3 is 14.2 Å². The predicted octanol–water partition coefficient (Wildman–Crippen LogP) is 2.95. The highest BCUT2D eigenvalue weighted by Gasteiger charge is 2.10. The number of aromatic nitrogens is 1. The molecule has 1 N–H and O–H groups in total. The number of hydrogen-bond donors (Lipinski definition) is 1. The van der Waals surface area contributed by atoms with E-state index in [9.17, 15) is 0 Å². The SMILES string of the molecule is O[B]OCn1c2ccccc2c2cc(Cl)ccc21. The molecule has 0 atom stereocenters. The number of halogens is 1. The molecule has 0 bridgehead atoms. The fourth-order valence-electron chi connectivity index (χ4n) is 2.27. The summed E-state index contributed by atoms with van der Waals surface area (Å²) in [7, 11) is 0.705. The van der Waals surface area contributed by atoms with Gasteiger partial charge in [0.2, 0.25) is 0 Å². The monoisotopic (exact) mass is 258 g/mol. The normalized spacial score (nSPS) is 11.2. The first-order valence-corrected chi connectivity index (χ1v) is 5.93. The molecule has 0 aliphatic carbocycles. The van der Waals surface area contributed by atoms with Crippen molar-refractivity contribution in [1.29, 1.82) is 0 Å². The van der Waals surface area contributed by atoms with Gasteiger partial charge in [-0.2, -0.15) is 0 Å². The molecule has 0 amide bonds. The van der Waals surface area contributed by atoms with E-state index in [0.29, 0.717) is 12.7 Å². The van der Waals surface area contributed by atoms with Crippen LogP contribution in [0.2, 0.25) is 5.02 Å². The Morgan fingerprint density at radius 1 is 1.11 bits per heavy atom. The van der Waals surface area contributed by atoms with Crippen LogP contribution in [0.25, 0.3) is 21.8 Å². The molecule has 0 unspecified atom stereocenters. The van der Waals surface area contributed by atoms with Crippen LogP contribution in [0.1, 0.15) is 0 Å².